The molecular weight excluding hydrogens is 376 g/mol. The molecule has 0 spiro atoms. The molecule has 0 bridgehead atoms. The highest BCUT2D eigenvalue weighted by molar-refractivity contribution is 7.89. The van der Waals surface area contributed by atoms with Crippen molar-refractivity contribution in [3.63, 3.8) is 0 Å². The Morgan fingerprint density at radius 1 is 0.893 bits per heavy atom. The number of pyridine rings is 1. The molecule has 0 atom stereocenters. The largest absolute Gasteiger partial charge is 0.369 e. The zero-order valence-electron chi connectivity index (χ0n) is 15.7. The van der Waals surface area contributed by atoms with E-state index < -0.39 is 10.0 Å². The minimum atomic E-state index is -3.54. The number of hydrogen-bond acceptors (Lipinski definition) is 7. The average Bonchev–Trinajstić information content (AvgIpc) is 2.66. The maximum Gasteiger partial charge on any atom is 0.240 e. The van der Waals surface area contributed by atoms with Gasteiger partial charge < -0.3 is 10.6 Å². The Labute approximate surface area is 164 Å². The molecule has 2 heterocycles. The first kappa shape index (κ1) is 19.7. The maximum absolute atomic E-state index is 12.3. The zero-order valence-corrected chi connectivity index (χ0v) is 16.5. The molecule has 0 aliphatic carbocycles. The molecule has 0 saturated carbocycles. The Morgan fingerprint density at radius 2 is 1.71 bits per heavy atom. The van der Waals surface area contributed by atoms with Gasteiger partial charge in [-0.3, -0.25) is 0 Å². The molecule has 1 aromatic carbocycles. The van der Waals surface area contributed by atoms with Crippen molar-refractivity contribution >= 4 is 27.5 Å². The molecule has 3 aromatic rings. The van der Waals surface area contributed by atoms with Crippen molar-refractivity contribution in [2.24, 2.45) is 0 Å². The van der Waals surface area contributed by atoms with E-state index in [4.69, 9.17) is 0 Å². The summed E-state index contributed by atoms with van der Waals surface area (Å²) in [5.41, 5.74) is 0.894. The van der Waals surface area contributed by atoms with Crippen molar-refractivity contribution in [3.8, 4) is 0 Å². The van der Waals surface area contributed by atoms with E-state index >= 15 is 0 Å². The fourth-order valence-electron chi connectivity index (χ4n) is 2.53. The molecule has 0 unspecified atom stereocenters. The number of aromatic nitrogens is 3. The Hall–Kier alpha value is -3.04. The third kappa shape index (κ3) is 5.48. The highest BCUT2D eigenvalue weighted by Gasteiger charge is 2.13. The smallest absolute Gasteiger partial charge is 0.240 e. The van der Waals surface area contributed by atoms with Crippen LogP contribution in [0.5, 0.6) is 0 Å². The molecule has 0 aliphatic rings. The Morgan fingerprint density at radius 3 is 2.46 bits per heavy atom. The number of benzene rings is 1. The predicted octanol–water partition coefficient (Wildman–Crippen LogP) is 2.62. The van der Waals surface area contributed by atoms with Gasteiger partial charge >= 0.3 is 0 Å². The minimum Gasteiger partial charge on any atom is -0.369 e. The monoisotopic (exact) mass is 398 g/mol. The van der Waals surface area contributed by atoms with Crippen LogP contribution >= 0.6 is 0 Å². The molecule has 0 aliphatic heterocycles. The van der Waals surface area contributed by atoms with Gasteiger partial charge in [0.15, 0.2) is 0 Å². The second-order valence-electron chi connectivity index (χ2n) is 6.17. The van der Waals surface area contributed by atoms with Crippen molar-refractivity contribution in [2.45, 2.75) is 18.7 Å². The van der Waals surface area contributed by atoms with Gasteiger partial charge in [0.1, 0.15) is 23.3 Å². The molecule has 0 fully saturated rings. The number of anilines is 3. The number of nitrogens with zero attached hydrogens (tertiary/aromatic N) is 3. The van der Waals surface area contributed by atoms with E-state index in [9.17, 15) is 8.42 Å². The highest BCUT2D eigenvalue weighted by atomic mass is 32.2. The maximum atomic E-state index is 12.3. The van der Waals surface area contributed by atoms with Gasteiger partial charge in [-0.05, 0) is 43.7 Å². The van der Waals surface area contributed by atoms with Crippen LogP contribution in [0.3, 0.4) is 0 Å². The second-order valence-corrected chi connectivity index (χ2v) is 7.93. The molecule has 9 heteroatoms. The summed E-state index contributed by atoms with van der Waals surface area (Å²) in [6, 6.07) is 14.1. The molecule has 0 saturated heterocycles. The molecule has 0 radical (unpaired) electrons. The lowest BCUT2D eigenvalue weighted by molar-refractivity contribution is 0.582. The second kappa shape index (κ2) is 8.77. The molecule has 3 N–H and O–H groups in total. The van der Waals surface area contributed by atoms with Crippen LogP contribution in [0.25, 0.3) is 0 Å². The summed E-state index contributed by atoms with van der Waals surface area (Å²) in [6.07, 6.45) is 1.69. The van der Waals surface area contributed by atoms with Crippen molar-refractivity contribution < 1.29 is 8.42 Å². The lowest BCUT2D eigenvalue weighted by atomic mass is 10.2. The topological polar surface area (TPSA) is 109 Å². The van der Waals surface area contributed by atoms with E-state index in [-0.39, 0.29) is 11.4 Å². The Balaban J connectivity index is 1.57. The van der Waals surface area contributed by atoms with Crippen LogP contribution in [0, 0.1) is 13.8 Å². The standard InChI is InChI=1S/C19H22N6O2S/c1-14-6-5-7-16(12-14)28(26,27)22-11-10-21-18-13-19(24-15(2)23-18)25-17-8-3-4-9-20-17/h3-9,12-13,22H,10-11H2,1-2H3,(H2,20,21,23,24,25). The number of aryl methyl sites for hydroxylation is 2. The Bertz CT molecular complexity index is 1040. The predicted molar refractivity (Wildman–Crippen MR) is 109 cm³/mol. The van der Waals surface area contributed by atoms with Crippen LogP contribution < -0.4 is 15.4 Å². The van der Waals surface area contributed by atoms with Gasteiger partial charge in [-0.2, -0.15) is 0 Å². The third-order valence-electron chi connectivity index (χ3n) is 3.78. The number of hydrogen-bond donors (Lipinski definition) is 3. The van der Waals surface area contributed by atoms with Gasteiger partial charge in [-0.1, -0.05) is 18.2 Å². The first-order valence-electron chi connectivity index (χ1n) is 8.76. The fourth-order valence-corrected chi connectivity index (χ4v) is 3.67. The molecule has 28 heavy (non-hydrogen) atoms. The van der Waals surface area contributed by atoms with Crippen molar-refractivity contribution in [3.05, 3.63) is 66.1 Å². The fraction of sp³-hybridized carbons (Fsp3) is 0.211. The highest BCUT2D eigenvalue weighted by Crippen LogP contribution is 2.15. The summed E-state index contributed by atoms with van der Waals surface area (Å²) in [4.78, 5) is 13.1. The van der Waals surface area contributed by atoms with Gasteiger partial charge in [-0.15, -0.1) is 0 Å². The lowest BCUT2D eigenvalue weighted by Crippen LogP contribution is -2.29. The lowest BCUT2D eigenvalue weighted by Gasteiger charge is -2.11. The van der Waals surface area contributed by atoms with E-state index in [2.05, 4.69) is 30.3 Å². The van der Waals surface area contributed by atoms with Gasteiger partial charge in [0.05, 0.1) is 4.90 Å². The van der Waals surface area contributed by atoms with Crippen molar-refractivity contribution in [1.29, 1.82) is 0 Å². The van der Waals surface area contributed by atoms with Crippen LogP contribution in [-0.2, 0) is 10.0 Å². The summed E-state index contributed by atoms with van der Waals surface area (Å²) in [6.45, 7) is 4.25. The summed E-state index contributed by atoms with van der Waals surface area (Å²) < 4.78 is 27.2. The van der Waals surface area contributed by atoms with Gasteiger partial charge in [0.25, 0.3) is 0 Å². The normalized spacial score (nSPS) is 11.2. The first-order valence-corrected chi connectivity index (χ1v) is 10.2. The van der Waals surface area contributed by atoms with Gasteiger partial charge in [-0.25, -0.2) is 28.1 Å². The van der Waals surface area contributed by atoms with Crippen LogP contribution in [-0.4, -0.2) is 36.5 Å². The van der Waals surface area contributed by atoms with E-state index in [1.165, 1.54) is 0 Å². The summed E-state index contributed by atoms with van der Waals surface area (Å²) in [7, 11) is -3.54. The molecular formula is C19H22N6O2S. The van der Waals surface area contributed by atoms with E-state index in [1.54, 1.807) is 37.4 Å². The summed E-state index contributed by atoms with van der Waals surface area (Å²) in [5.74, 6) is 2.47. The number of sulfonamides is 1. The van der Waals surface area contributed by atoms with E-state index in [0.29, 0.717) is 29.8 Å². The van der Waals surface area contributed by atoms with Crippen molar-refractivity contribution in [1.82, 2.24) is 19.7 Å². The zero-order chi connectivity index (χ0) is 20.0. The van der Waals surface area contributed by atoms with Crippen molar-refractivity contribution in [2.75, 3.05) is 23.7 Å². The first-order chi connectivity index (χ1) is 13.4. The SMILES string of the molecule is Cc1cccc(S(=O)(=O)NCCNc2cc(Nc3ccccn3)nc(C)n2)c1. The number of rotatable bonds is 8. The Kier molecular flexibility index (Phi) is 6.17. The van der Waals surface area contributed by atoms with Crippen LogP contribution in [0.15, 0.2) is 59.6 Å². The molecule has 3 rings (SSSR count). The van der Waals surface area contributed by atoms with E-state index in [0.717, 1.165) is 5.56 Å². The molecule has 8 nitrogen and oxygen atoms in total. The molecule has 0 amide bonds. The quantitative estimate of drug-likeness (QED) is 0.501. The van der Waals surface area contributed by atoms with Crippen LogP contribution in [0.1, 0.15) is 11.4 Å². The summed E-state index contributed by atoms with van der Waals surface area (Å²) in [5, 5.41) is 6.22. The summed E-state index contributed by atoms with van der Waals surface area (Å²) >= 11 is 0. The van der Waals surface area contributed by atoms with Crippen LogP contribution in [0.4, 0.5) is 17.5 Å². The molecule has 2 aromatic heterocycles. The van der Waals surface area contributed by atoms with Gasteiger partial charge in [0, 0.05) is 25.4 Å². The van der Waals surface area contributed by atoms with Crippen LogP contribution in [0.2, 0.25) is 0 Å². The molecule has 146 valence electrons. The number of nitrogens with one attached hydrogen (secondary N) is 3. The minimum absolute atomic E-state index is 0.225. The van der Waals surface area contributed by atoms with Gasteiger partial charge in [0.2, 0.25) is 10.0 Å². The van der Waals surface area contributed by atoms with E-state index in [1.807, 2.05) is 31.2 Å². The third-order valence-corrected chi connectivity index (χ3v) is 5.24. The average molecular weight is 398 g/mol.